The number of aliphatic imine (C=N–C) groups is 1. The first-order valence-corrected chi connectivity index (χ1v) is 8.97. The lowest BCUT2D eigenvalue weighted by atomic mass is 10.3. The van der Waals surface area contributed by atoms with Crippen molar-refractivity contribution in [2.45, 2.75) is 32.1 Å². The maximum absolute atomic E-state index is 12.3. The number of rotatable bonds is 7. The highest BCUT2D eigenvalue weighted by atomic mass is 32.2. The van der Waals surface area contributed by atoms with Crippen molar-refractivity contribution in [2.75, 3.05) is 20.8 Å². The van der Waals surface area contributed by atoms with E-state index in [4.69, 9.17) is 4.74 Å². The summed E-state index contributed by atoms with van der Waals surface area (Å²) in [5.41, 5.74) is 0.0254. The number of methoxy groups -OCH3 is 1. The molecule has 1 aliphatic rings. The molecule has 1 atom stereocenters. The van der Waals surface area contributed by atoms with Gasteiger partial charge in [-0.05, 0) is 13.8 Å². The number of ether oxygens (including phenoxy) is 2. The van der Waals surface area contributed by atoms with E-state index in [1.165, 1.54) is 36.9 Å². The van der Waals surface area contributed by atoms with E-state index in [2.05, 4.69) is 14.7 Å². The highest BCUT2D eigenvalue weighted by Crippen LogP contribution is 2.31. The van der Waals surface area contributed by atoms with Crippen LogP contribution in [-0.2, 0) is 30.4 Å². The van der Waals surface area contributed by atoms with Crippen molar-refractivity contribution in [3.8, 4) is 0 Å². The third-order valence-electron chi connectivity index (χ3n) is 3.60. The van der Waals surface area contributed by atoms with Crippen LogP contribution in [0.1, 0.15) is 30.8 Å². The molecule has 1 aromatic heterocycles. The molecule has 0 spiro atoms. The first-order chi connectivity index (χ1) is 12.8. The van der Waals surface area contributed by atoms with Crippen molar-refractivity contribution in [2.24, 2.45) is 4.99 Å². The molecule has 0 aliphatic carbocycles. The Morgan fingerprint density at radius 3 is 2.67 bits per heavy atom. The van der Waals surface area contributed by atoms with Crippen molar-refractivity contribution in [3.63, 3.8) is 0 Å². The number of esters is 2. The van der Waals surface area contributed by atoms with E-state index in [-0.39, 0.29) is 47.9 Å². The molecule has 0 unspecified atom stereocenters. The van der Waals surface area contributed by atoms with Gasteiger partial charge in [0, 0.05) is 7.05 Å². The van der Waals surface area contributed by atoms with Crippen molar-refractivity contribution < 1.29 is 28.7 Å². The minimum absolute atomic E-state index is 0.0254. The van der Waals surface area contributed by atoms with Crippen LogP contribution in [0.5, 0.6) is 0 Å². The Balaban J connectivity index is 2.36. The van der Waals surface area contributed by atoms with E-state index < -0.39 is 17.2 Å². The Morgan fingerprint density at radius 1 is 1.37 bits per heavy atom. The number of aromatic nitrogens is 2. The van der Waals surface area contributed by atoms with E-state index in [9.17, 15) is 19.2 Å². The Morgan fingerprint density at radius 2 is 2.07 bits per heavy atom. The third kappa shape index (κ3) is 4.73. The number of hydrogen-bond donors (Lipinski definition) is 0. The first kappa shape index (κ1) is 20.6. The fourth-order valence-corrected chi connectivity index (χ4v) is 3.46. The molecule has 10 nitrogen and oxygen atoms in total. The predicted octanol–water partition coefficient (Wildman–Crippen LogP) is 0.773. The SMILES string of the molecule is CCOC(=O)c1c(N=C2S[C@H](CC(=O)OC)C(=O)N2C)ncn1CC(C)=O. The number of amides is 1. The number of imidazole rings is 1. The Labute approximate surface area is 159 Å². The number of hydrogen-bond acceptors (Lipinski definition) is 9. The molecule has 0 radical (unpaired) electrons. The fourth-order valence-electron chi connectivity index (χ4n) is 2.34. The zero-order valence-electron chi connectivity index (χ0n) is 15.4. The predicted molar refractivity (Wildman–Crippen MR) is 96.7 cm³/mol. The lowest BCUT2D eigenvalue weighted by Crippen LogP contribution is -2.29. The lowest BCUT2D eigenvalue weighted by Gasteiger charge is -2.09. The second-order valence-corrected chi connectivity index (χ2v) is 6.82. The maximum Gasteiger partial charge on any atom is 0.358 e. The summed E-state index contributed by atoms with van der Waals surface area (Å²) in [6, 6.07) is 0. The summed E-state index contributed by atoms with van der Waals surface area (Å²) in [6.45, 7) is 3.14. The van der Waals surface area contributed by atoms with Gasteiger partial charge in [0.05, 0.1) is 33.0 Å². The number of amidine groups is 1. The van der Waals surface area contributed by atoms with Gasteiger partial charge in [0.1, 0.15) is 11.0 Å². The minimum atomic E-state index is -0.668. The second kappa shape index (κ2) is 8.80. The minimum Gasteiger partial charge on any atom is -0.469 e. The van der Waals surface area contributed by atoms with Crippen molar-refractivity contribution in [1.29, 1.82) is 0 Å². The second-order valence-electron chi connectivity index (χ2n) is 5.65. The smallest absolute Gasteiger partial charge is 0.358 e. The van der Waals surface area contributed by atoms with Crippen LogP contribution in [0.3, 0.4) is 0 Å². The summed E-state index contributed by atoms with van der Waals surface area (Å²) < 4.78 is 11.0. The molecule has 0 aromatic carbocycles. The van der Waals surface area contributed by atoms with Gasteiger partial charge in [-0.15, -0.1) is 0 Å². The molecule has 0 saturated carbocycles. The van der Waals surface area contributed by atoms with Crippen LogP contribution in [0, 0.1) is 0 Å². The lowest BCUT2D eigenvalue weighted by molar-refractivity contribution is -0.142. The van der Waals surface area contributed by atoms with Crippen LogP contribution in [0.15, 0.2) is 11.3 Å². The van der Waals surface area contributed by atoms with E-state index in [0.717, 1.165) is 11.8 Å². The summed E-state index contributed by atoms with van der Waals surface area (Å²) in [6.07, 6.45) is 1.23. The quantitative estimate of drug-likeness (QED) is 0.620. The van der Waals surface area contributed by atoms with E-state index in [1.807, 2.05) is 0 Å². The van der Waals surface area contributed by atoms with Crippen molar-refractivity contribution in [1.82, 2.24) is 14.5 Å². The average molecular weight is 396 g/mol. The van der Waals surface area contributed by atoms with E-state index in [0.29, 0.717) is 0 Å². The molecule has 1 saturated heterocycles. The summed E-state index contributed by atoms with van der Waals surface area (Å²) in [5.74, 6) is -1.61. The molecule has 1 aromatic rings. The number of nitrogens with zero attached hydrogens (tertiary/aromatic N) is 4. The molecule has 1 amide bonds. The summed E-state index contributed by atoms with van der Waals surface area (Å²) in [5, 5.41) is -0.376. The normalized spacial score (nSPS) is 18.1. The monoisotopic (exact) mass is 396 g/mol. The van der Waals surface area contributed by atoms with Gasteiger partial charge in [0.25, 0.3) is 0 Å². The fraction of sp³-hybridized carbons (Fsp3) is 0.500. The number of ketones is 1. The Kier molecular flexibility index (Phi) is 6.72. The average Bonchev–Trinajstić information content (AvgIpc) is 3.11. The van der Waals surface area contributed by atoms with Gasteiger partial charge in [-0.3, -0.25) is 19.3 Å². The molecular formula is C16H20N4O6S. The Hall–Kier alpha value is -2.69. The third-order valence-corrected chi connectivity index (χ3v) is 4.83. The van der Waals surface area contributed by atoms with Gasteiger partial charge >= 0.3 is 11.9 Å². The molecule has 0 bridgehead atoms. The molecule has 27 heavy (non-hydrogen) atoms. The van der Waals surface area contributed by atoms with Crippen LogP contribution >= 0.6 is 11.8 Å². The first-order valence-electron chi connectivity index (χ1n) is 8.09. The van der Waals surface area contributed by atoms with E-state index in [1.54, 1.807) is 6.92 Å². The molecule has 2 rings (SSSR count). The molecule has 146 valence electrons. The van der Waals surface area contributed by atoms with Crippen molar-refractivity contribution in [3.05, 3.63) is 12.0 Å². The zero-order chi connectivity index (χ0) is 20.1. The van der Waals surface area contributed by atoms with Crippen LogP contribution in [-0.4, -0.2) is 69.3 Å². The Bertz CT molecular complexity index is 803. The molecular weight excluding hydrogens is 376 g/mol. The maximum atomic E-state index is 12.3. The van der Waals surface area contributed by atoms with Gasteiger partial charge in [-0.1, -0.05) is 11.8 Å². The van der Waals surface area contributed by atoms with Crippen LogP contribution in [0.25, 0.3) is 0 Å². The van der Waals surface area contributed by atoms with Crippen molar-refractivity contribution >= 4 is 46.4 Å². The molecule has 2 heterocycles. The zero-order valence-corrected chi connectivity index (χ0v) is 16.2. The van der Waals surface area contributed by atoms with Gasteiger partial charge in [-0.25, -0.2) is 14.8 Å². The van der Waals surface area contributed by atoms with Crippen LogP contribution < -0.4 is 0 Å². The summed E-state index contributed by atoms with van der Waals surface area (Å²) in [7, 11) is 2.76. The number of carbonyl (C=O) groups is 4. The van der Waals surface area contributed by atoms with Gasteiger partial charge in [0.2, 0.25) is 5.91 Å². The highest BCUT2D eigenvalue weighted by Gasteiger charge is 2.37. The van der Waals surface area contributed by atoms with Gasteiger partial charge in [0.15, 0.2) is 16.7 Å². The largest absolute Gasteiger partial charge is 0.469 e. The molecule has 1 aliphatic heterocycles. The summed E-state index contributed by atoms with van der Waals surface area (Å²) in [4.78, 5) is 57.1. The van der Waals surface area contributed by atoms with Crippen LogP contribution in [0.4, 0.5) is 5.82 Å². The highest BCUT2D eigenvalue weighted by molar-refractivity contribution is 8.15. The number of Topliss-reactive ketones (excluding diaryl/α,β-unsaturated/α-hetero) is 1. The number of thioether (sulfide) groups is 1. The van der Waals surface area contributed by atoms with E-state index >= 15 is 0 Å². The van der Waals surface area contributed by atoms with Gasteiger partial charge < -0.3 is 14.0 Å². The summed E-state index contributed by atoms with van der Waals surface area (Å²) >= 11 is 1.08. The topological polar surface area (TPSA) is 120 Å². The molecule has 11 heteroatoms. The van der Waals surface area contributed by atoms with Crippen LogP contribution in [0.2, 0.25) is 0 Å². The molecule has 1 fully saturated rings. The standard InChI is InChI=1S/C16H20N4O6S/c1-5-26-15(24)12-13(17-8-20(12)7-9(2)21)18-16-19(3)14(23)10(27-16)6-11(22)25-4/h8,10H,5-7H2,1-4H3/t10-/m1/s1. The molecule has 0 N–H and O–H groups in total. The number of carbonyl (C=O) groups excluding carboxylic acids is 4. The van der Waals surface area contributed by atoms with Gasteiger partial charge in [-0.2, -0.15) is 0 Å².